The van der Waals surface area contributed by atoms with Gasteiger partial charge in [-0.15, -0.1) is 0 Å². The van der Waals surface area contributed by atoms with Crippen LogP contribution in [-0.2, 0) is 0 Å². The van der Waals surface area contributed by atoms with Crippen LogP contribution in [0.1, 0.15) is 53.9 Å². The maximum absolute atomic E-state index is 5.88. The zero-order chi connectivity index (χ0) is 11.0. The molecule has 14 heavy (non-hydrogen) atoms. The molecule has 1 fully saturated rings. The molecule has 1 nitrogen and oxygen atoms in total. The Bertz CT molecular complexity index is 188. The number of rotatable bonds is 1. The Labute approximate surface area is 89.5 Å². The first-order valence-electron chi connectivity index (χ1n) is 5.96. The van der Waals surface area contributed by atoms with Crippen molar-refractivity contribution in [1.29, 1.82) is 0 Å². The zero-order valence-electron chi connectivity index (χ0n) is 10.6. The first-order valence-corrected chi connectivity index (χ1v) is 5.96. The van der Waals surface area contributed by atoms with E-state index in [1.54, 1.807) is 0 Å². The van der Waals surface area contributed by atoms with Gasteiger partial charge in [0.05, 0.1) is 0 Å². The highest BCUT2D eigenvalue weighted by atomic mass is 14.6. The van der Waals surface area contributed by atoms with Crippen LogP contribution in [0.3, 0.4) is 0 Å². The van der Waals surface area contributed by atoms with E-state index in [4.69, 9.17) is 5.73 Å². The third-order valence-corrected chi connectivity index (χ3v) is 3.95. The third-order valence-electron chi connectivity index (χ3n) is 3.95. The van der Waals surface area contributed by atoms with Crippen molar-refractivity contribution in [1.82, 2.24) is 0 Å². The highest BCUT2D eigenvalue weighted by Crippen LogP contribution is 2.48. The predicted octanol–water partition coefficient (Wildman–Crippen LogP) is 3.43. The SMILES string of the molecule is CC1(C)CCC(CN)C(C(C)(C)C)C1. The van der Waals surface area contributed by atoms with Gasteiger partial charge in [0.25, 0.3) is 0 Å². The van der Waals surface area contributed by atoms with Crippen molar-refractivity contribution in [3.63, 3.8) is 0 Å². The second kappa shape index (κ2) is 3.84. The molecule has 1 rings (SSSR count). The average Bonchev–Trinajstić information content (AvgIpc) is 2.01. The summed E-state index contributed by atoms with van der Waals surface area (Å²) in [4.78, 5) is 0. The molecule has 0 bridgehead atoms. The molecule has 84 valence electrons. The molecule has 0 spiro atoms. The monoisotopic (exact) mass is 197 g/mol. The Kier molecular flexibility index (Phi) is 3.30. The van der Waals surface area contributed by atoms with Gasteiger partial charge in [0.1, 0.15) is 0 Å². The van der Waals surface area contributed by atoms with Crippen LogP contribution in [0, 0.1) is 22.7 Å². The van der Waals surface area contributed by atoms with Gasteiger partial charge in [-0.1, -0.05) is 34.6 Å². The van der Waals surface area contributed by atoms with Gasteiger partial charge < -0.3 is 5.73 Å². The van der Waals surface area contributed by atoms with Gasteiger partial charge in [-0.25, -0.2) is 0 Å². The van der Waals surface area contributed by atoms with E-state index in [1.165, 1.54) is 19.3 Å². The fourth-order valence-electron chi connectivity index (χ4n) is 2.94. The van der Waals surface area contributed by atoms with Crippen molar-refractivity contribution in [3.8, 4) is 0 Å². The molecular formula is C13H27N. The smallest absolute Gasteiger partial charge is 0.00460 e. The standard InChI is InChI=1S/C13H27N/c1-12(2,3)11-8-13(4,5)7-6-10(11)9-14/h10-11H,6-9,14H2,1-5H3. The summed E-state index contributed by atoms with van der Waals surface area (Å²) in [6, 6.07) is 0. The van der Waals surface area contributed by atoms with Gasteiger partial charge >= 0.3 is 0 Å². The lowest BCUT2D eigenvalue weighted by Crippen LogP contribution is -2.40. The molecule has 0 amide bonds. The minimum absolute atomic E-state index is 0.418. The second-order valence-corrected chi connectivity index (χ2v) is 6.88. The number of nitrogens with two attached hydrogens (primary N) is 1. The summed E-state index contributed by atoms with van der Waals surface area (Å²) in [7, 11) is 0. The Morgan fingerprint density at radius 1 is 1.29 bits per heavy atom. The molecule has 1 aliphatic carbocycles. The van der Waals surface area contributed by atoms with Gasteiger partial charge in [0.15, 0.2) is 0 Å². The number of hydrogen-bond donors (Lipinski definition) is 1. The molecule has 1 aliphatic rings. The van der Waals surface area contributed by atoms with E-state index < -0.39 is 0 Å². The summed E-state index contributed by atoms with van der Waals surface area (Å²) in [6.45, 7) is 12.8. The minimum Gasteiger partial charge on any atom is -0.330 e. The molecule has 0 aromatic rings. The molecule has 0 saturated heterocycles. The van der Waals surface area contributed by atoms with E-state index in [2.05, 4.69) is 34.6 Å². The highest BCUT2D eigenvalue weighted by molar-refractivity contribution is 4.90. The topological polar surface area (TPSA) is 26.0 Å². The molecule has 2 N–H and O–H groups in total. The van der Waals surface area contributed by atoms with E-state index in [1.807, 2.05) is 0 Å². The maximum Gasteiger partial charge on any atom is -0.00460 e. The van der Waals surface area contributed by atoms with Crippen LogP contribution < -0.4 is 5.73 Å². The van der Waals surface area contributed by atoms with E-state index >= 15 is 0 Å². The van der Waals surface area contributed by atoms with Gasteiger partial charge in [-0.3, -0.25) is 0 Å². The van der Waals surface area contributed by atoms with Crippen molar-refractivity contribution < 1.29 is 0 Å². The number of hydrogen-bond acceptors (Lipinski definition) is 1. The third kappa shape index (κ3) is 2.73. The lowest BCUT2D eigenvalue weighted by atomic mass is 9.59. The van der Waals surface area contributed by atoms with Gasteiger partial charge in [0, 0.05) is 0 Å². The average molecular weight is 197 g/mol. The van der Waals surface area contributed by atoms with Crippen LogP contribution in [0.15, 0.2) is 0 Å². The largest absolute Gasteiger partial charge is 0.330 e. The first kappa shape index (κ1) is 12.0. The van der Waals surface area contributed by atoms with E-state index in [9.17, 15) is 0 Å². The molecule has 2 unspecified atom stereocenters. The molecule has 0 aromatic heterocycles. The Hall–Kier alpha value is -0.0400. The van der Waals surface area contributed by atoms with Crippen LogP contribution in [0.4, 0.5) is 0 Å². The van der Waals surface area contributed by atoms with Gasteiger partial charge in [-0.05, 0) is 48.5 Å². The van der Waals surface area contributed by atoms with Crippen molar-refractivity contribution in [3.05, 3.63) is 0 Å². The van der Waals surface area contributed by atoms with E-state index in [0.717, 1.165) is 18.4 Å². The van der Waals surface area contributed by atoms with Gasteiger partial charge in [0.2, 0.25) is 0 Å². The summed E-state index contributed by atoms with van der Waals surface area (Å²) in [5, 5.41) is 0. The fourth-order valence-corrected chi connectivity index (χ4v) is 2.94. The minimum atomic E-state index is 0.418. The quantitative estimate of drug-likeness (QED) is 0.684. The predicted molar refractivity (Wildman–Crippen MR) is 63.1 cm³/mol. The van der Waals surface area contributed by atoms with Crippen LogP contribution in [0.5, 0.6) is 0 Å². The summed E-state index contributed by atoms with van der Waals surface area (Å²) in [6.07, 6.45) is 4.02. The van der Waals surface area contributed by atoms with Crippen molar-refractivity contribution in [2.45, 2.75) is 53.9 Å². The highest BCUT2D eigenvalue weighted by Gasteiger charge is 2.39. The van der Waals surface area contributed by atoms with E-state index in [0.29, 0.717) is 10.8 Å². The van der Waals surface area contributed by atoms with Crippen molar-refractivity contribution in [2.24, 2.45) is 28.4 Å². The molecule has 0 heterocycles. The van der Waals surface area contributed by atoms with Gasteiger partial charge in [-0.2, -0.15) is 0 Å². The Balaban J connectivity index is 2.76. The normalized spacial score (nSPS) is 33.0. The summed E-state index contributed by atoms with van der Waals surface area (Å²) < 4.78 is 0. The fraction of sp³-hybridized carbons (Fsp3) is 1.00. The van der Waals surface area contributed by atoms with Crippen LogP contribution >= 0.6 is 0 Å². The van der Waals surface area contributed by atoms with Crippen molar-refractivity contribution >= 4 is 0 Å². The Morgan fingerprint density at radius 2 is 1.86 bits per heavy atom. The lowest BCUT2D eigenvalue weighted by molar-refractivity contribution is 0.0438. The molecule has 0 radical (unpaired) electrons. The molecule has 1 heteroatoms. The summed E-state index contributed by atoms with van der Waals surface area (Å²) in [5.41, 5.74) is 6.83. The van der Waals surface area contributed by atoms with E-state index in [-0.39, 0.29) is 0 Å². The van der Waals surface area contributed by atoms with Crippen LogP contribution in [0.2, 0.25) is 0 Å². The second-order valence-electron chi connectivity index (χ2n) is 6.88. The Morgan fingerprint density at radius 3 is 2.29 bits per heavy atom. The van der Waals surface area contributed by atoms with Crippen molar-refractivity contribution in [2.75, 3.05) is 6.54 Å². The van der Waals surface area contributed by atoms with Crippen LogP contribution in [-0.4, -0.2) is 6.54 Å². The molecule has 0 aliphatic heterocycles. The zero-order valence-corrected chi connectivity index (χ0v) is 10.6. The first-order chi connectivity index (χ1) is 6.26. The van der Waals surface area contributed by atoms with Crippen LogP contribution in [0.25, 0.3) is 0 Å². The molecular weight excluding hydrogens is 170 g/mol. The summed E-state index contributed by atoms with van der Waals surface area (Å²) in [5.74, 6) is 1.55. The molecule has 2 atom stereocenters. The summed E-state index contributed by atoms with van der Waals surface area (Å²) >= 11 is 0. The molecule has 1 saturated carbocycles. The maximum atomic E-state index is 5.88. The lowest BCUT2D eigenvalue weighted by Gasteiger charge is -2.46. The molecule has 0 aromatic carbocycles.